The normalized spacial score (nSPS) is 10.0. The Morgan fingerprint density at radius 2 is 1.71 bits per heavy atom. The van der Waals surface area contributed by atoms with Crippen LogP contribution < -0.4 is 20.7 Å². The predicted octanol–water partition coefficient (Wildman–Crippen LogP) is 2.06. The van der Waals surface area contributed by atoms with Gasteiger partial charge in [0.05, 0.1) is 5.56 Å². The van der Waals surface area contributed by atoms with Gasteiger partial charge in [0.25, 0.3) is 5.91 Å². The van der Waals surface area contributed by atoms with E-state index in [1.807, 2.05) is 31.2 Å². The van der Waals surface area contributed by atoms with Crippen LogP contribution in [0, 0.1) is 6.92 Å². The summed E-state index contributed by atoms with van der Waals surface area (Å²) in [5.74, 6) is 6.02. The largest absolute Gasteiger partial charge is 0.490 e. The van der Waals surface area contributed by atoms with Gasteiger partial charge in [-0.25, -0.2) is 5.84 Å². The van der Waals surface area contributed by atoms with Crippen LogP contribution in [-0.4, -0.2) is 19.1 Å². The maximum atomic E-state index is 11.6. The van der Waals surface area contributed by atoms with Crippen molar-refractivity contribution in [3.63, 3.8) is 0 Å². The highest BCUT2D eigenvalue weighted by Crippen LogP contribution is 2.17. The average Bonchev–Trinajstić information content (AvgIpc) is 2.53. The summed E-state index contributed by atoms with van der Waals surface area (Å²) < 4.78 is 11.1. The van der Waals surface area contributed by atoms with Gasteiger partial charge in [-0.3, -0.25) is 10.2 Å². The molecule has 0 saturated heterocycles. The molecule has 2 aromatic carbocycles. The second-order valence-corrected chi connectivity index (χ2v) is 4.48. The summed E-state index contributed by atoms with van der Waals surface area (Å²) in [6.07, 6.45) is 0. The van der Waals surface area contributed by atoms with Gasteiger partial charge < -0.3 is 9.47 Å². The van der Waals surface area contributed by atoms with Crippen LogP contribution in [0.25, 0.3) is 0 Å². The van der Waals surface area contributed by atoms with E-state index < -0.39 is 0 Å². The van der Waals surface area contributed by atoms with E-state index in [9.17, 15) is 4.79 Å². The maximum Gasteiger partial charge on any atom is 0.268 e. The van der Waals surface area contributed by atoms with E-state index in [1.54, 1.807) is 24.3 Å². The molecule has 0 heterocycles. The van der Waals surface area contributed by atoms with Crippen LogP contribution in [0.1, 0.15) is 15.9 Å². The lowest BCUT2D eigenvalue weighted by Crippen LogP contribution is -2.30. The smallest absolute Gasteiger partial charge is 0.268 e. The lowest BCUT2D eigenvalue weighted by Gasteiger charge is -2.11. The summed E-state index contributed by atoms with van der Waals surface area (Å²) in [7, 11) is 0. The van der Waals surface area contributed by atoms with Crippen LogP contribution in [-0.2, 0) is 0 Å². The fraction of sp³-hybridized carbons (Fsp3) is 0.188. The molecule has 5 nitrogen and oxygen atoms in total. The third kappa shape index (κ3) is 4.22. The number of hydrogen-bond acceptors (Lipinski definition) is 4. The van der Waals surface area contributed by atoms with Gasteiger partial charge in [0, 0.05) is 0 Å². The number of carbonyl (C=O) groups is 1. The molecular formula is C16H18N2O3. The van der Waals surface area contributed by atoms with E-state index in [2.05, 4.69) is 5.43 Å². The number of nitrogen functional groups attached to an aromatic ring is 1. The minimum Gasteiger partial charge on any atom is -0.490 e. The number of hydrogen-bond donors (Lipinski definition) is 2. The predicted molar refractivity (Wildman–Crippen MR) is 80.3 cm³/mol. The number of hydrazine groups is 1. The summed E-state index contributed by atoms with van der Waals surface area (Å²) in [6.45, 7) is 2.75. The molecule has 0 aliphatic rings. The van der Waals surface area contributed by atoms with Gasteiger partial charge in [0.15, 0.2) is 0 Å². The molecule has 0 aliphatic heterocycles. The second-order valence-electron chi connectivity index (χ2n) is 4.48. The summed E-state index contributed by atoms with van der Waals surface area (Å²) >= 11 is 0. The van der Waals surface area contributed by atoms with Crippen molar-refractivity contribution in [3.05, 3.63) is 59.7 Å². The Labute approximate surface area is 123 Å². The first-order valence-electron chi connectivity index (χ1n) is 6.63. The third-order valence-electron chi connectivity index (χ3n) is 2.89. The van der Waals surface area contributed by atoms with Gasteiger partial charge >= 0.3 is 0 Å². The van der Waals surface area contributed by atoms with E-state index in [1.165, 1.54) is 5.56 Å². The molecule has 0 saturated carbocycles. The first-order valence-corrected chi connectivity index (χ1v) is 6.63. The first kappa shape index (κ1) is 14.9. The molecule has 0 unspecified atom stereocenters. The van der Waals surface area contributed by atoms with Crippen LogP contribution in [0.2, 0.25) is 0 Å². The number of rotatable bonds is 6. The molecule has 21 heavy (non-hydrogen) atoms. The number of nitrogens with two attached hydrogens (primary N) is 1. The molecule has 1 amide bonds. The highest BCUT2D eigenvalue weighted by Gasteiger charge is 2.10. The van der Waals surface area contributed by atoms with Gasteiger partial charge in [0.1, 0.15) is 24.7 Å². The number of amides is 1. The molecular weight excluding hydrogens is 268 g/mol. The average molecular weight is 286 g/mol. The van der Waals surface area contributed by atoms with Crippen LogP contribution >= 0.6 is 0 Å². The van der Waals surface area contributed by atoms with Crippen molar-refractivity contribution < 1.29 is 14.3 Å². The molecule has 5 heteroatoms. The third-order valence-corrected chi connectivity index (χ3v) is 2.89. The van der Waals surface area contributed by atoms with Crippen LogP contribution in [0.4, 0.5) is 0 Å². The Morgan fingerprint density at radius 3 is 2.43 bits per heavy atom. The van der Waals surface area contributed by atoms with Crippen molar-refractivity contribution in [3.8, 4) is 11.5 Å². The highest BCUT2D eigenvalue weighted by atomic mass is 16.5. The molecule has 0 aliphatic carbocycles. The molecule has 3 N–H and O–H groups in total. The Balaban J connectivity index is 1.86. The molecule has 0 aromatic heterocycles. The zero-order valence-corrected chi connectivity index (χ0v) is 11.8. The Bertz CT molecular complexity index is 597. The van der Waals surface area contributed by atoms with E-state index in [0.717, 1.165) is 5.75 Å². The second kappa shape index (κ2) is 7.31. The summed E-state index contributed by atoms with van der Waals surface area (Å²) in [5, 5.41) is 0. The van der Waals surface area contributed by atoms with Gasteiger partial charge in [0.2, 0.25) is 0 Å². The van der Waals surface area contributed by atoms with Gasteiger partial charge in [-0.05, 0) is 31.2 Å². The van der Waals surface area contributed by atoms with Crippen LogP contribution in [0.5, 0.6) is 11.5 Å². The lowest BCUT2D eigenvalue weighted by atomic mass is 10.2. The molecule has 0 spiro atoms. The van der Waals surface area contributed by atoms with E-state index in [0.29, 0.717) is 24.5 Å². The number of carbonyl (C=O) groups excluding carboxylic acids is 1. The number of aryl methyl sites for hydroxylation is 1. The molecule has 0 bridgehead atoms. The van der Waals surface area contributed by atoms with Crippen LogP contribution in [0.15, 0.2) is 48.5 Å². The van der Waals surface area contributed by atoms with Crippen LogP contribution in [0.3, 0.4) is 0 Å². The molecule has 0 fully saturated rings. The topological polar surface area (TPSA) is 73.6 Å². The number of benzene rings is 2. The van der Waals surface area contributed by atoms with Crippen molar-refractivity contribution in [2.24, 2.45) is 5.84 Å². The maximum absolute atomic E-state index is 11.6. The monoisotopic (exact) mass is 286 g/mol. The van der Waals surface area contributed by atoms with Crippen molar-refractivity contribution in [1.82, 2.24) is 5.43 Å². The number of para-hydroxylation sites is 1. The zero-order valence-electron chi connectivity index (χ0n) is 11.8. The summed E-state index contributed by atoms with van der Waals surface area (Å²) in [6, 6.07) is 14.7. The lowest BCUT2D eigenvalue weighted by molar-refractivity contribution is 0.0948. The quantitative estimate of drug-likeness (QED) is 0.369. The molecule has 2 rings (SSSR count). The molecule has 0 radical (unpaired) electrons. The van der Waals surface area contributed by atoms with Gasteiger partial charge in [-0.15, -0.1) is 0 Å². The molecule has 2 aromatic rings. The fourth-order valence-corrected chi connectivity index (χ4v) is 1.80. The van der Waals surface area contributed by atoms with Crippen molar-refractivity contribution >= 4 is 5.91 Å². The van der Waals surface area contributed by atoms with Gasteiger partial charge in [-0.2, -0.15) is 0 Å². The Morgan fingerprint density at radius 1 is 1.05 bits per heavy atom. The summed E-state index contributed by atoms with van der Waals surface area (Å²) in [4.78, 5) is 11.6. The van der Waals surface area contributed by atoms with Crippen molar-refractivity contribution in [2.45, 2.75) is 6.92 Å². The summed E-state index contributed by atoms with van der Waals surface area (Å²) in [5.41, 5.74) is 3.67. The minimum absolute atomic E-state index is 0.336. The number of ether oxygens (including phenoxy) is 2. The number of nitrogens with one attached hydrogen (secondary N) is 1. The van der Waals surface area contributed by atoms with E-state index in [-0.39, 0.29) is 5.91 Å². The first-order chi connectivity index (χ1) is 10.2. The zero-order chi connectivity index (χ0) is 15.1. The Kier molecular flexibility index (Phi) is 5.17. The molecule has 0 atom stereocenters. The minimum atomic E-state index is -0.384. The molecule has 110 valence electrons. The standard InChI is InChI=1S/C16H18N2O3/c1-12-6-8-13(9-7-12)20-10-11-21-15-5-3-2-4-14(15)16(19)18-17/h2-9H,10-11,17H2,1H3,(H,18,19). The Hall–Kier alpha value is -2.53. The SMILES string of the molecule is Cc1ccc(OCCOc2ccccc2C(=O)NN)cc1. The van der Waals surface area contributed by atoms with E-state index in [4.69, 9.17) is 15.3 Å². The van der Waals surface area contributed by atoms with Crippen molar-refractivity contribution in [1.29, 1.82) is 0 Å². The van der Waals surface area contributed by atoms with Crippen molar-refractivity contribution in [2.75, 3.05) is 13.2 Å². The van der Waals surface area contributed by atoms with Gasteiger partial charge in [-0.1, -0.05) is 29.8 Å². The fourth-order valence-electron chi connectivity index (χ4n) is 1.80. The van der Waals surface area contributed by atoms with E-state index >= 15 is 0 Å². The highest BCUT2D eigenvalue weighted by molar-refractivity contribution is 5.96.